The summed E-state index contributed by atoms with van der Waals surface area (Å²) in [7, 11) is 4.04. The first-order valence-electron chi connectivity index (χ1n) is 8.27. The molecule has 1 aromatic rings. The second-order valence-electron chi connectivity index (χ2n) is 6.12. The number of rotatable bonds is 7. The number of amides is 3. The number of fused-ring (bicyclic) bond motifs is 1. The smallest absolute Gasteiger partial charge is 0.321 e. The maximum Gasteiger partial charge on any atom is 0.321 e. The van der Waals surface area contributed by atoms with Crippen molar-refractivity contribution in [2.24, 2.45) is 0 Å². The normalized spacial score (nSPS) is 13.1. The molecule has 0 fully saturated rings. The largest absolute Gasteiger partial charge is 0.482 e. The van der Waals surface area contributed by atoms with E-state index in [-0.39, 0.29) is 18.5 Å². The van der Waals surface area contributed by atoms with Crippen molar-refractivity contribution in [2.75, 3.05) is 51.0 Å². The third-order valence-electron chi connectivity index (χ3n) is 3.68. The molecule has 0 saturated carbocycles. The highest BCUT2D eigenvalue weighted by Crippen LogP contribution is 2.30. The highest BCUT2D eigenvalue weighted by molar-refractivity contribution is 5.97. The number of hydrogen-bond acceptors (Lipinski definition) is 4. The first-order chi connectivity index (χ1) is 11.5. The van der Waals surface area contributed by atoms with Crippen LogP contribution in [0.2, 0.25) is 0 Å². The van der Waals surface area contributed by atoms with Gasteiger partial charge in [-0.15, -0.1) is 0 Å². The van der Waals surface area contributed by atoms with E-state index in [0.717, 1.165) is 19.4 Å². The number of carbonyl (C=O) groups excluding carboxylic acids is 2. The fourth-order valence-electron chi connectivity index (χ4n) is 2.53. The summed E-state index contributed by atoms with van der Waals surface area (Å²) in [6.45, 7) is 4.44. The first kappa shape index (κ1) is 18.1. The van der Waals surface area contributed by atoms with Crippen LogP contribution in [0.5, 0.6) is 5.75 Å². The predicted octanol–water partition coefficient (Wildman–Crippen LogP) is 2.21. The topological polar surface area (TPSA) is 73.9 Å². The van der Waals surface area contributed by atoms with Crippen LogP contribution in [-0.2, 0) is 4.79 Å². The Balaban J connectivity index is 1.98. The average Bonchev–Trinajstić information content (AvgIpc) is 2.53. The van der Waals surface area contributed by atoms with E-state index in [1.807, 2.05) is 19.0 Å². The molecule has 7 heteroatoms. The molecular formula is C17H26N4O3. The van der Waals surface area contributed by atoms with Gasteiger partial charge in [0.05, 0.1) is 5.69 Å². The molecule has 0 bridgehead atoms. The molecule has 0 spiro atoms. The van der Waals surface area contributed by atoms with Gasteiger partial charge in [0, 0.05) is 18.8 Å². The van der Waals surface area contributed by atoms with Crippen molar-refractivity contribution < 1.29 is 14.3 Å². The van der Waals surface area contributed by atoms with Crippen molar-refractivity contribution in [1.82, 2.24) is 9.80 Å². The molecule has 0 unspecified atom stereocenters. The third kappa shape index (κ3) is 5.13. The number of nitrogens with zero attached hydrogens (tertiary/aromatic N) is 2. The molecule has 1 aromatic carbocycles. The summed E-state index contributed by atoms with van der Waals surface area (Å²) in [5.74, 6) is 0.422. The Labute approximate surface area is 142 Å². The van der Waals surface area contributed by atoms with Crippen LogP contribution in [0.15, 0.2) is 18.2 Å². The van der Waals surface area contributed by atoms with Gasteiger partial charge >= 0.3 is 6.03 Å². The van der Waals surface area contributed by atoms with E-state index in [9.17, 15) is 9.59 Å². The second kappa shape index (κ2) is 8.54. The predicted molar refractivity (Wildman–Crippen MR) is 94.6 cm³/mol. The second-order valence-corrected chi connectivity index (χ2v) is 6.12. The van der Waals surface area contributed by atoms with Gasteiger partial charge in [0.1, 0.15) is 5.75 Å². The standard InChI is InChI=1S/C17H26N4O3/c1-4-8-21(10-5-9-20(2)3)17(23)18-13-6-7-15-14(11-13)19-16(22)12-24-15/h6-7,11H,4-5,8-10,12H2,1-3H3,(H,18,23)(H,19,22). The van der Waals surface area contributed by atoms with Crippen molar-refractivity contribution in [3.8, 4) is 5.75 Å². The fourth-order valence-corrected chi connectivity index (χ4v) is 2.53. The molecule has 1 aliphatic heterocycles. The summed E-state index contributed by atoms with van der Waals surface area (Å²) in [6.07, 6.45) is 1.83. The lowest BCUT2D eigenvalue weighted by molar-refractivity contribution is -0.118. The molecule has 3 amide bonds. The number of carbonyl (C=O) groups is 2. The van der Waals surface area contributed by atoms with E-state index in [1.54, 1.807) is 18.2 Å². The zero-order valence-corrected chi connectivity index (χ0v) is 14.6. The van der Waals surface area contributed by atoms with Gasteiger partial charge in [-0.25, -0.2) is 4.79 Å². The van der Waals surface area contributed by atoms with E-state index in [0.29, 0.717) is 30.2 Å². The Bertz CT molecular complexity index is 589. The van der Waals surface area contributed by atoms with Crippen LogP contribution in [0.3, 0.4) is 0 Å². The van der Waals surface area contributed by atoms with Crippen LogP contribution in [0.25, 0.3) is 0 Å². The first-order valence-corrected chi connectivity index (χ1v) is 8.27. The molecule has 24 heavy (non-hydrogen) atoms. The van der Waals surface area contributed by atoms with Gasteiger partial charge in [0.15, 0.2) is 6.61 Å². The minimum atomic E-state index is -0.192. The summed E-state index contributed by atoms with van der Waals surface area (Å²) in [6, 6.07) is 5.12. The summed E-state index contributed by atoms with van der Waals surface area (Å²) >= 11 is 0. The van der Waals surface area contributed by atoms with Crippen molar-refractivity contribution in [3.63, 3.8) is 0 Å². The zero-order valence-electron chi connectivity index (χ0n) is 14.6. The van der Waals surface area contributed by atoms with E-state index in [2.05, 4.69) is 22.5 Å². The molecular weight excluding hydrogens is 308 g/mol. The molecule has 0 radical (unpaired) electrons. The van der Waals surface area contributed by atoms with Crippen LogP contribution in [-0.4, -0.2) is 62.1 Å². The summed E-state index contributed by atoms with van der Waals surface area (Å²) in [5, 5.41) is 5.64. The molecule has 0 atom stereocenters. The third-order valence-corrected chi connectivity index (χ3v) is 3.68. The lowest BCUT2D eigenvalue weighted by atomic mass is 10.2. The Morgan fingerprint density at radius 3 is 2.79 bits per heavy atom. The lowest BCUT2D eigenvalue weighted by Gasteiger charge is -2.24. The molecule has 0 saturated heterocycles. The Morgan fingerprint density at radius 2 is 2.08 bits per heavy atom. The van der Waals surface area contributed by atoms with Crippen LogP contribution in [0.4, 0.5) is 16.2 Å². The fraction of sp³-hybridized carbons (Fsp3) is 0.529. The number of benzene rings is 1. The monoisotopic (exact) mass is 334 g/mol. The zero-order chi connectivity index (χ0) is 17.5. The van der Waals surface area contributed by atoms with Crippen molar-refractivity contribution in [1.29, 1.82) is 0 Å². The molecule has 2 N–H and O–H groups in total. The molecule has 0 aliphatic carbocycles. The molecule has 132 valence electrons. The van der Waals surface area contributed by atoms with E-state index in [1.165, 1.54) is 0 Å². The number of ether oxygens (including phenoxy) is 1. The lowest BCUT2D eigenvalue weighted by Crippen LogP contribution is -2.37. The maximum absolute atomic E-state index is 12.5. The van der Waals surface area contributed by atoms with Crippen LogP contribution < -0.4 is 15.4 Å². The SMILES string of the molecule is CCCN(CCCN(C)C)C(=O)Nc1ccc2c(c1)NC(=O)CO2. The maximum atomic E-state index is 12.5. The van der Waals surface area contributed by atoms with Gasteiger partial charge in [0.2, 0.25) is 0 Å². The van der Waals surface area contributed by atoms with Crippen molar-refractivity contribution in [3.05, 3.63) is 18.2 Å². The molecule has 0 aromatic heterocycles. The van der Waals surface area contributed by atoms with Gasteiger partial charge in [0.25, 0.3) is 5.91 Å². The number of hydrogen-bond donors (Lipinski definition) is 2. The van der Waals surface area contributed by atoms with Crippen LogP contribution in [0.1, 0.15) is 19.8 Å². The van der Waals surface area contributed by atoms with Crippen LogP contribution in [0, 0.1) is 0 Å². The quantitative estimate of drug-likeness (QED) is 0.802. The van der Waals surface area contributed by atoms with Gasteiger partial charge in [-0.3, -0.25) is 4.79 Å². The van der Waals surface area contributed by atoms with Gasteiger partial charge in [-0.1, -0.05) is 6.92 Å². The average molecular weight is 334 g/mol. The minimum absolute atomic E-state index is 0.0227. The Kier molecular flexibility index (Phi) is 6.43. The number of nitrogens with one attached hydrogen (secondary N) is 2. The Morgan fingerprint density at radius 1 is 1.29 bits per heavy atom. The molecule has 7 nitrogen and oxygen atoms in total. The molecule has 2 rings (SSSR count). The van der Waals surface area contributed by atoms with Gasteiger partial charge in [-0.2, -0.15) is 0 Å². The van der Waals surface area contributed by atoms with Crippen LogP contribution >= 0.6 is 0 Å². The van der Waals surface area contributed by atoms with Crippen molar-refractivity contribution in [2.45, 2.75) is 19.8 Å². The highest BCUT2D eigenvalue weighted by Gasteiger charge is 2.18. The Hall–Kier alpha value is -2.28. The van der Waals surface area contributed by atoms with Gasteiger partial charge in [-0.05, 0) is 51.7 Å². The molecule has 1 heterocycles. The van der Waals surface area contributed by atoms with Crippen molar-refractivity contribution >= 4 is 23.3 Å². The van der Waals surface area contributed by atoms with E-state index < -0.39 is 0 Å². The minimum Gasteiger partial charge on any atom is -0.482 e. The summed E-state index contributed by atoms with van der Waals surface area (Å²) in [5.41, 5.74) is 1.22. The number of urea groups is 1. The summed E-state index contributed by atoms with van der Waals surface area (Å²) in [4.78, 5) is 27.8. The van der Waals surface area contributed by atoms with Gasteiger partial charge < -0.3 is 25.2 Å². The summed E-state index contributed by atoms with van der Waals surface area (Å²) < 4.78 is 5.32. The van der Waals surface area contributed by atoms with E-state index in [4.69, 9.17) is 4.74 Å². The van der Waals surface area contributed by atoms with E-state index >= 15 is 0 Å². The molecule has 1 aliphatic rings. The highest BCUT2D eigenvalue weighted by atomic mass is 16.5. The number of anilines is 2.